The Hall–Kier alpha value is -4.33. The van der Waals surface area contributed by atoms with Crippen molar-refractivity contribution in [3.8, 4) is 22.6 Å². The fourth-order valence-corrected chi connectivity index (χ4v) is 4.71. The fraction of sp³-hybridized carbons (Fsp3) is 0.344. The number of nitrogen functional groups attached to an aromatic ring is 1. The van der Waals surface area contributed by atoms with E-state index in [1.54, 1.807) is 13.0 Å². The summed E-state index contributed by atoms with van der Waals surface area (Å²) in [6.07, 6.45) is 0.0512. The first-order valence-corrected chi connectivity index (χ1v) is 13.6. The molecule has 0 fully saturated rings. The van der Waals surface area contributed by atoms with E-state index in [-0.39, 0.29) is 37.0 Å². The first-order chi connectivity index (χ1) is 19.1. The Morgan fingerprint density at radius 2 is 1.85 bits per heavy atom. The second-order valence-electron chi connectivity index (χ2n) is 10.4. The molecule has 0 aliphatic carbocycles. The molecular formula is C32H38N4O4. The number of nitrogens with two attached hydrogens (primary N) is 1. The van der Waals surface area contributed by atoms with Crippen LogP contribution in [0.2, 0.25) is 0 Å². The Morgan fingerprint density at radius 3 is 2.52 bits per heavy atom. The van der Waals surface area contributed by atoms with Gasteiger partial charge in [0.2, 0.25) is 0 Å². The molecule has 3 aromatic carbocycles. The van der Waals surface area contributed by atoms with E-state index >= 15 is 0 Å². The number of carbonyl (C=O) groups excluding carboxylic acids is 1. The summed E-state index contributed by atoms with van der Waals surface area (Å²) < 4.78 is 19.6. The van der Waals surface area contributed by atoms with Gasteiger partial charge in [-0.2, -0.15) is 5.10 Å². The quantitative estimate of drug-likeness (QED) is 0.130. The maximum absolute atomic E-state index is 12.2. The van der Waals surface area contributed by atoms with Crippen molar-refractivity contribution in [1.29, 1.82) is 5.41 Å². The predicted octanol–water partition coefficient (Wildman–Crippen LogP) is 6.35. The summed E-state index contributed by atoms with van der Waals surface area (Å²) in [4.78, 5) is 12.2. The number of aromatic nitrogens is 2. The lowest BCUT2D eigenvalue weighted by Crippen LogP contribution is -2.16. The van der Waals surface area contributed by atoms with Gasteiger partial charge in [0, 0.05) is 22.6 Å². The maximum atomic E-state index is 12.2. The standard InChI is InChI=1S/C32H38N4O4/c1-7-38-30(37)17-23-15-21(6)11-14-29(23)39-18-27-26-16-22(12-13-28(26)36(35-27)19(2)3)24-9-8-10-25(32(33)34)31(24)40-20(4)5/h8-16,19-20H,7,17-18H2,1-6H3,(H3,33,34). The molecule has 0 saturated carbocycles. The zero-order valence-corrected chi connectivity index (χ0v) is 24.1. The number of ether oxygens (including phenoxy) is 3. The molecule has 0 amide bonds. The number of esters is 1. The van der Waals surface area contributed by atoms with Crippen LogP contribution in [0.3, 0.4) is 0 Å². The number of carbonyl (C=O) groups is 1. The molecule has 8 heteroatoms. The SMILES string of the molecule is CCOC(=O)Cc1cc(C)ccc1OCc1nn(C(C)C)c2ccc(-c3cccc(C(=N)N)c3OC(C)C)cc12. The Bertz CT molecular complexity index is 1540. The monoisotopic (exact) mass is 542 g/mol. The summed E-state index contributed by atoms with van der Waals surface area (Å²) in [5, 5.41) is 13.9. The minimum atomic E-state index is -0.288. The molecule has 4 rings (SSSR count). The van der Waals surface area contributed by atoms with E-state index in [9.17, 15) is 4.79 Å². The van der Waals surface area contributed by atoms with E-state index < -0.39 is 0 Å². The fourth-order valence-electron chi connectivity index (χ4n) is 4.71. The largest absolute Gasteiger partial charge is 0.490 e. The molecule has 0 aliphatic heterocycles. The van der Waals surface area contributed by atoms with Crippen molar-refractivity contribution in [2.45, 2.75) is 66.7 Å². The van der Waals surface area contributed by atoms with Gasteiger partial charge >= 0.3 is 5.97 Å². The summed E-state index contributed by atoms with van der Waals surface area (Å²) in [6.45, 7) is 12.4. The van der Waals surface area contributed by atoms with Crippen molar-refractivity contribution in [1.82, 2.24) is 9.78 Å². The minimum absolute atomic E-state index is 0.0444. The van der Waals surface area contributed by atoms with Crippen LogP contribution in [-0.4, -0.2) is 34.3 Å². The Morgan fingerprint density at radius 1 is 1.07 bits per heavy atom. The Labute approximate surface area is 235 Å². The molecule has 1 aromatic heterocycles. The molecule has 210 valence electrons. The molecule has 0 radical (unpaired) electrons. The van der Waals surface area contributed by atoms with E-state index in [1.807, 2.05) is 61.9 Å². The van der Waals surface area contributed by atoms with E-state index in [4.69, 9.17) is 30.5 Å². The number of hydrogen-bond acceptors (Lipinski definition) is 6. The third kappa shape index (κ3) is 6.28. The summed E-state index contributed by atoms with van der Waals surface area (Å²) in [5.74, 6) is 0.881. The molecular weight excluding hydrogens is 504 g/mol. The zero-order valence-electron chi connectivity index (χ0n) is 24.1. The molecule has 0 saturated heterocycles. The maximum Gasteiger partial charge on any atom is 0.310 e. The number of hydrogen-bond donors (Lipinski definition) is 2. The highest BCUT2D eigenvalue weighted by Crippen LogP contribution is 2.37. The smallest absolute Gasteiger partial charge is 0.310 e. The van der Waals surface area contributed by atoms with Gasteiger partial charge in [0.15, 0.2) is 0 Å². The Balaban J connectivity index is 1.76. The van der Waals surface area contributed by atoms with Crippen LogP contribution in [-0.2, 0) is 22.6 Å². The van der Waals surface area contributed by atoms with Crippen LogP contribution in [0.15, 0.2) is 54.6 Å². The van der Waals surface area contributed by atoms with Crippen LogP contribution in [0.5, 0.6) is 11.5 Å². The molecule has 0 bridgehead atoms. The predicted molar refractivity (Wildman–Crippen MR) is 158 cm³/mol. The third-order valence-electron chi connectivity index (χ3n) is 6.46. The molecule has 4 aromatic rings. The number of fused-ring (bicyclic) bond motifs is 1. The highest BCUT2D eigenvalue weighted by atomic mass is 16.5. The van der Waals surface area contributed by atoms with Gasteiger partial charge in [0.05, 0.1) is 30.2 Å². The van der Waals surface area contributed by atoms with Gasteiger partial charge < -0.3 is 19.9 Å². The second kappa shape index (κ2) is 12.2. The molecule has 40 heavy (non-hydrogen) atoms. The average molecular weight is 543 g/mol. The number of nitrogens with zero attached hydrogens (tertiary/aromatic N) is 2. The Kier molecular flexibility index (Phi) is 8.77. The summed E-state index contributed by atoms with van der Waals surface area (Å²) >= 11 is 0. The third-order valence-corrected chi connectivity index (χ3v) is 6.46. The van der Waals surface area contributed by atoms with Gasteiger partial charge in [-0.3, -0.25) is 14.9 Å². The number of aryl methyl sites for hydroxylation is 1. The van der Waals surface area contributed by atoms with E-state index in [0.717, 1.165) is 38.9 Å². The molecule has 3 N–H and O–H groups in total. The first-order valence-electron chi connectivity index (χ1n) is 13.6. The van der Waals surface area contributed by atoms with Gasteiger partial charge in [-0.25, -0.2) is 0 Å². The van der Waals surface area contributed by atoms with E-state index in [2.05, 4.69) is 26.0 Å². The molecule has 0 unspecified atom stereocenters. The molecule has 0 aliphatic rings. The number of para-hydroxylation sites is 1. The minimum Gasteiger partial charge on any atom is -0.490 e. The first kappa shape index (κ1) is 28.7. The van der Waals surface area contributed by atoms with Crippen molar-refractivity contribution >= 4 is 22.7 Å². The molecule has 8 nitrogen and oxygen atoms in total. The van der Waals surface area contributed by atoms with Crippen LogP contribution in [0, 0.1) is 12.3 Å². The van der Waals surface area contributed by atoms with Crippen LogP contribution in [0.25, 0.3) is 22.0 Å². The molecule has 0 atom stereocenters. The normalized spacial score (nSPS) is 11.3. The lowest BCUT2D eigenvalue weighted by Gasteiger charge is -2.18. The highest BCUT2D eigenvalue weighted by molar-refractivity contribution is 6.00. The molecule has 1 heterocycles. The van der Waals surface area contributed by atoms with E-state index in [1.165, 1.54) is 0 Å². The van der Waals surface area contributed by atoms with Crippen LogP contribution in [0.1, 0.15) is 63.0 Å². The van der Waals surface area contributed by atoms with Crippen LogP contribution >= 0.6 is 0 Å². The van der Waals surface area contributed by atoms with Crippen LogP contribution < -0.4 is 15.2 Å². The summed E-state index contributed by atoms with van der Waals surface area (Å²) in [7, 11) is 0. The highest BCUT2D eigenvalue weighted by Gasteiger charge is 2.19. The number of rotatable bonds is 11. The van der Waals surface area contributed by atoms with Gasteiger partial charge in [-0.15, -0.1) is 0 Å². The molecule has 0 spiro atoms. The number of amidine groups is 1. The lowest BCUT2D eigenvalue weighted by molar-refractivity contribution is -0.142. The average Bonchev–Trinajstić information content (AvgIpc) is 3.26. The van der Waals surface area contributed by atoms with Crippen molar-refractivity contribution in [3.63, 3.8) is 0 Å². The summed E-state index contributed by atoms with van der Waals surface area (Å²) in [6, 6.07) is 17.8. The van der Waals surface area contributed by atoms with Crippen molar-refractivity contribution in [2.75, 3.05) is 6.61 Å². The lowest BCUT2D eigenvalue weighted by atomic mass is 9.99. The second-order valence-corrected chi connectivity index (χ2v) is 10.4. The van der Waals surface area contributed by atoms with Gasteiger partial charge in [-0.05, 0) is 71.4 Å². The number of benzene rings is 3. The van der Waals surface area contributed by atoms with Crippen molar-refractivity contribution < 1.29 is 19.0 Å². The van der Waals surface area contributed by atoms with Gasteiger partial charge in [0.1, 0.15) is 29.6 Å². The van der Waals surface area contributed by atoms with E-state index in [0.29, 0.717) is 23.7 Å². The zero-order chi connectivity index (χ0) is 29.0. The van der Waals surface area contributed by atoms with Crippen LogP contribution in [0.4, 0.5) is 0 Å². The van der Waals surface area contributed by atoms with Crippen molar-refractivity contribution in [3.05, 3.63) is 77.0 Å². The summed E-state index contributed by atoms with van der Waals surface area (Å²) in [5.41, 5.74) is 11.8. The van der Waals surface area contributed by atoms with Gasteiger partial charge in [-0.1, -0.05) is 35.9 Å². The number of nitrogens with one attached hydrogen (secondary N) is 1. The van der Waals surface area contributed by atoms with Gasteiger partial charge in [0.25, 0.3) is 0 Å². The van der Waals surface area contributed by atoms with Crippen molar-refractivity contribution in [2.24, 2.45) is 5.73 Å². The topological polar surface area (TPSA) is 112 Å².